The summed E-state index contributed by atoms with van der Waals surface area (Å²) in [5.74, 6) is -0.585. The number of hydrogen-bond acceptors (Lipinski definition) is 5. The van der Waals surface area contributed by atoms with E-state index >= 15 is 0 Å². The maximum absolute atomic E-state index is 12.7. The summed E-state index contributed by atoms with van der Waals surface area (Å²) in [6.45, 7) is 5.44. The fourth-order valence-electron chi connectivity index (χ4n) is 3.54. The van der Waals surface area contributed by atoms with E-state index in [9.17, 15) is 9.59 Å². The minimum Gasteiger partial charge on any atom is -0.480 e. The maximum atomic E-state index is 12.7. The Hall–Kier alpha value is -1.93. The third-order valence-electron chi connectivity index (χ3n) is 4.69. The Bertz CT molecular complexity index is 603. The molecule has 132 valence electrons. The summed E-state index contributed by atoms with van der Waals surface area (Å²) in [5.41, 5.74) is 1.04. The highest BCUT2D eigenvalue weighted by molar-refractivity contribution is 5.76. The number of fused-ring (bicyclic) bond motifs is 3. The van der Waals surface area contributed by atoms with Crippen molar-refractivity contribution in [2.45, 2.75) is 25.9 Å². The molecule has 2 aliphatic heterocycles. The Balaban J connectivity index is 1.65. The molecule has 0 aliphatic carbocycles. The van der Waals surface area contributed by atoms with E-state index in [1.165, 1.54) is 0 Å². The molecule has 8 heteroatoms. The third-order valence-corrected chi connectivity index (χ3v) is 4.69. The number of carboxylic acids is 1. The molecule has 3 heterocycles. The number of carbonyl (C=O) groups is 2. The van der Waals surface area contributed by atoms with Crippen molar-refractivity contribution in [3.05, 3.63) is 18.0 Å². The minimum atomic E-state index is -0.831. The Kier molecular flexibility index (Phi) is 5.15. The summed E-state index contributed by atoms with van der Waals surface area (Å²) in [6, 6.07) is 1.84. The van der Waals surface area contributed by atoms with Crippen LogP contribution in [-0.4, -0.2) is 82.0 Å². The Morgan fingerprint density at radius 3 is 2.88 bits per heavy atom. The average Bonchev–Trinajstić information content (AvgIpc) is 2.71. The van der Waals surface area contributed by atoms with E-state index < -0.39 is 5.97 Å². The van der Waals surface area contributed by atoms with E-state index in [2.05, 4.69) is 5.10 Å². The zero-order valence-electron chi connectivity index (χ0n) is 13.9. The van der Waals surface area contributed by atoms with Crippen LogP contribution in [0, 0.1) is 12.8 Å². The second kappa shape index (κ2) is 7.31. The highest BCUT2D eigenvalue weighted by Gasteiger charge is 2.36. The normalized spacial score (nSPS) is 24.6. The van der Waals surface area contributed by atoms with E-state index in [-0.39, 0.29) is 24.4 Å². The molecule has 24 heavy (non-hydrogen) atoms. The number of amides is 1. The molecule has 8 nitrogen and oxygen atoms in total. The summed E-state index contributed by atoms with van der Waals surface area (Å²) >= 11 is 0. The van der Waals surface area contributed by atoms with Gasteiger partial charge in [0.1, 0.15) is 0 Å². The van der Waals surface area contributed by atoms with E-state index in [0.717, 1.165) is 5.69 Å². The van der Waals surface area contributed by atoms with Gasteiger partial charge >= 0.3 is 5.97 Å². The lowest BCUT2D eigenvalue weighted by atomic mass is 10.1. The van der Waals surface area contributed by atoms with Crippen LogP contribution in [0.4, 0.5) is 0 Å². The van der Waals surface area contributed by atoms with Crippen molar-refractivity contribution < 1.29 is 19.4 Å². The average molecular weight is 336 g/mol. The molecule has 0 saturated carbocycles. The number of aryl methyl sites for hydroxylation is 2. The first-order chi connectivity index (χ1) is 11.5. The zero-order chi connectivity index (χ0) is 17.1. The summed E-state index contributed by atoms with van der Waals surface area (Å²) in [7, 11) is 0. The van der Waals surface area contributed by atoms with Crippen molar-refractivity contribution in [1.82, 2.24) is 19.6 Å². The van der Waals surface area contributed by atoms with E-state index in [1.807, 2.05) is 27.5 Å². The molecule has 0 radical (unpaired) electrons. The van der Waals surface area contributed by atoms with Gasteiger partial charge in [0.05, 0.1) is 25.8 Å². The number of carboxylic acid groups (broad SMARTS) is 1. The lowest BCUT2D eigenvalue weighted by Crippen LogP contribution is -2.47. The first-order valence-electron chi connectivity index (χ1n) is 8.32. The van der Waals surface area contributed by atoms with Gasteiger partial charge in [-0.2, -0.15) is 5.10 Å². The Morgan fingerprint density at radius 2 is 2.17 bits per heavy atom. The van der Waals surface area contributed by atoms with Gasteiger partial charge in [-0.3, -0.25) is 19.2 Å². The van der Waals surface area contributed by atoms with Crippen LogP contribution in [-0.2, 0) is 20.9 Å². The predicted molar refractivity (Wildman–Crippen MR) is 85.5 cm³/mol. The van der Waals surface area contributed by atoms with Crippen molar-refractivity contribution in [3.8, 4) is 0 Å². The van der Waals surface area contributed by atoms with Crippen LogP contribution in [0.5, 0.6) is 0 Å². The van der Waals surface area contributed by atoms with Crippen LogP contribution >= 0.6 is 0 Å². The molecule has 0 unspecified atom stereocenters. The topological polar surface area (TPSA) is 87.9 Å². The fourth-order valence-corrected chi connectivity index (χ4v) is 3.54. The number of hydrogen-bond donors (Lipinski definition) is 1. The molecular weight excluding hydrogens is 312 g/mol. The molecule has 2 fully saturated rings. The lowest BCUT2D eigenvalue weighted by molar-refractivity contribution is -0.138. The first-order valence-corrected chi connectivity index (χ1v) is 8.32. The molecule has 1 aromatic heterocycles. The summed E-state index contributed by atoms with van der Waals surface area (Å²) in [5, 5.41) is 13.3. The monoisotopic (exact) mass is 336 g/mol. The van der Waals surface area contributed by atoms with Gasteiger partial charge in [0, 0.05) is 50.4 Å². The molecule has 0 aromatic carbocycles. The van der Waals surface area contributed by atoms with Gasteiger partial charge in [0.25, 0.3) is 0 Å². The largest absolute Gasteiger partial charge is 0.480 e. The third kappa shape index (κ3) is 3.93. The van der Waals surface area contributed by atoms with Gasteiger partial charge in [-0.25, -0.2) is 0 Å². The van der Waals surface area contributed by atoms with Crippen molar-refractivity contribution in [2.75, 3.05) is 39.4 Å². The highest BCUT2D eigenvalue weighted by Crippen LogP contribution is 2.20. The Labute approximate surface area is 141 Å². The quantitative estimate of drug-likeness (QED) is 0.803. The van der Waals surface area contributed by atoms with Gasteiger partial charge in [-0.1, -0.05) is 0 Å². The van der Waals surface area contributed by atoms with Crippen molar-refractivity contribution in [2.24, 2.45) is 5.92 Å². The molecule has 2 aliphatic rings. The molecule has 3 rings (SSSR count). The van der Waals surface area contributed by atoms with Gasteiger partial charge in [0.2, 0.25) is 5.91 Å². The zero-order valence-corrected chi connectivity index (χ0v) is 13.9. The van der Waals surface area contributed by atoms with Crippen LogP contribution in [0.3, 0.4) is 0 Å². The van der Waals surface area contributed by atoms with Gasteiger partial charge < -0.3 is 14.7 Å². The first kappa shape index (κ1) is 16.9. The van der Waals surface area contributed by atoms with Gasteiger partial charge in [-0.15, -0.1) is 0 Å². The van der Waals surface area contributed by atoms with Crippen LogP contribution in [0.1, 0.15) is 12.1 Å². The number of aliphatic carboxylic acids is 1. The summed E-state index contributed by atoms with van der Waals surface area (Å²) in [6.07, 6.45) is 2.13. The summed E-state index contributed by atoms with van der Waals surface area (Å²) in [4.78, 5) is 27.5. The highest BCUT2D eigenvalue weighted by atomic mass is 16.5. The van der Waals surface area contributed by atoms with Gasteiger partial charge in [-0.05, 0) is 13.0 Å². The van der Waals surface area contributed by atoms with Crippen LogP contribution < -0.4 is 0 Å². The van der Waals surface area contributed by atoms with Crippen LogP contribution in [0.15, 0.2) is 12.3 Å². The second-order valence-corrected chi connectivity index (χ2v) is 6.64. The van der Waals surface area contributed by atoms with E-state index in [1.54, 1.807) is 6.20 Å². The molecule has 2 bridgehead atoms. The maximum Gasteiger partial charge on any atom is 0.317 e. The second-order valence-electron chi connectivity index (χ2n) is 6.64. The molecule has 0 spiro atoms. The van der Waals surface area contributed by atoms with Crippen molar-refractivity contribution >= 4 is 11.9 Å². The molecule has 1 amide bonds. The van der Waals surface area contributed by atoms with E-state index in [4.69, 9.17) is 9.84 Å². The minimum absolute atomic E-state index is 0.0154. The predicted octanol–water partition coefficient (Wildman–Crippen LogP) is -0.175. The standard InChI is InChI=1S/C16H24N4O4/c1-12-2-4-17-20(12)5-3-15(21)19-7-13-6-18(9-16(22)23)8-14(19)11-24-10-13/h2,4,13-14H,3,5-11H2,1H3,(H,22,23)/t13-,14-/m0/s1. The van der Waals surface area contributed by atoms with E-state index in [0.29, 0.717) is 45.8 Å². The van der Waals surface area contributed by atoms with Gasteiger partial charge in [0.15, 0.2) is 0 Å². The molecular formula is C16H24N4O4. The number of aromatic nitrogens is 2. The number of rotatable bonds is 5. The van der Waals surface area contributed by atoms with Crippen LogP contribution in [0.25, 0.3) is 0 Å². The Morgan fingerprint density at radius 1 is 1.33 bits per heavy atom. The number of carbonyl (C=O) groups excluding carboxylic acids is 1. The molecule has 1 N–H and O–H groups in total. The molecule has 1 aromatic rings. The SMILES string of the molecule is Cc1ccnn1CCC(=O)N1C[C@H]2COC[C@@H]1CN(CC(=O)O)C2. The van der Waals surface area contributed by atoms with Crippen molar-refractivity contribution in [3.63, 3.8) is 0 Å². The molecule has 2 atom stereocenters. The smallest absolute Gasteiger partial charge is 0.317 e. The number of ether oxygens (including phenoxy) is 1. The lowest BCUT2D eigenvalue weighted by Gasteiger charge is -2.30. The van der Waals surface area contributed by atoms with Crippen LogP contribution in [0.2, 0.25) is 0 Å². The summed E-state index contributed by atoms with van der Waals surface area (Å²) < 4.78 is 7.51. The number of nitrogens with zero attached hydrogens (tertiary/aromatic N) is 4. The van der Waals surface area contributed by atoms with Crippen molar-refractivity contribution in [1.29, 1.82) is 0 Å². The fraction of sp³-hybridized carbons (Fsp3) is 0.688. The molecule has 2 saturated heterocycles.